The van der Waals surface area contributed by atoms with Crippen molar-refractivity contribution in [3.05, 3.63) is 35.6 Å². The molecule has 100 valence electrons. The van der Waals surface area contributed by atoms with E-state index in [2.05, 4.69) is 5.10 Å². The van der Waals surface area contributed by atoms with Gasteiger partial charge in [-0.25, -0.2) is 9.40 Å². The first-order valence-corrected chi connectivity index (χ1v) is 6.87. The van der Waals surface area contributed by atoms with E-state index in [1.807, 2.05) is 6.07 Å². The number of carbonyl (C=O) groups is 1. The standard InChI is InChI=1S/C15H17FN2O/c16-12-6-4-5-11(9-12)10-18-15(19)13-7-2-1-3-8-14(13)17-18/h4-6,9,13H,1-3,7-8,10H2. The molecule has 1 unspecified atom stereocenters. The fourth-order valence-corrected chi connectivity index (χ4v) is 2.86. The summed E-state index contributed by atoms with van der Waals surface area (Å²) in [6, 6.07) is 6.36. The van der Waals surface area contributed by atoms with Crippen LogP contribution in [0, 0.1) is 11.7 Å². The Morgan fingerprint density at radius 2 is 2.21 bits per heavy atom. The summed E-state index contributed by atoms with van der Waals surface area (Å²) >= 11 is 0. The van der Waals surface area contributed by atoms with E-state index in [0.29, 0.717) is 6.54 Å². The number of nitrogens with zero attached hydrogens (tertiary/aromatic N) is 2. The van der Waals surface area contributed by atoms with E-state index in [-0.39, 0.29) is 17.6 Å². The molecule has 3 nitrogen and oxygen atoms in total. The Labute approximate surface area is 112 Å². The molecular formula is C15H17FN2O. The summed E-state index contributed by atoms with van der Waals surface area (Å²) in [5.41, 5.74) is 1.81. The molecule has 0 radical (unpaired) electrons. The van der Waals surface area contributed by atoms with Crippen molar-refractivity contribution in [3.63, 3.8) is 0 Å². The Morgan fingerprint density at radius 3 is 3.05 bits per heavy atom. The van der Waals surface area contributed by atoms with Gasteiger partial charge in [-0.2, -0.15) is 5.10 Å². The highest BCUT2D eigenvalue weighted by atomic mass is 19.1. The number of carbonyl (C=O) groups excluding carboxylic acids is 1. The van der Waals surface area contributed by atoms with Crippen molar-refractivity contribution in [2.45, 2.75) is 38.6 Å². The predicted octanol–water partition coefficient (Wildman–Crippen LogP) is 3.10. The fraction of sp³-hybridized carbons (Fsp3) is 0.467. The zero-order valence-corrected chi connectivity index (χ0v) is 10.8. The Balaban J connectivity index is 1.77. The minimum absolute atomic E-state index is 0.0175. The molecule has 0 aromatic heterocycles. The third-order valence-electron chi connectivity index (χ3n) is 3.85. The minimum Gasteiger partial charge on any atom is -0.272 e. The Morgan fingerprint density at radius 1 is 1.32 bits per heavy atom. The number of fused-ring (bicyclic) bond motifs is 1. The zero-order chi connectivity index (χ0) is 13.2. The van der Waals surface area contributed by atoms with Crippen molar-refractivity contribution < 1.29 is 9.18 Å². The van der Waals surface area contributed by atoms with Crippen LogP contribution in [0.25, 0.3) is 0 Å². The molecule has 1 aromatic rings. The molecule has 4 heteroatoms. The molecule has 0 N–H and O–H groups in total. The van der Waals surface area contributed by atoms with E-state index in [0.717, 1.165) is 37.0 Å². The highest BCUT2D eigenvalue weighted by molar-refractivity contribution is 6.08. The van der Waals surface area contributed by atoms with Gasteiger partial charge in [0.15, 0.2) is 0 Å². The second-order valence-corrected chi connectivity index (χ2v) is 5.27. The summed E-state index contributed by atoms with van der Waals surface area (Å²) in [4.78, 5) is 12.3. The Kier molecular flexibility index (Phi) is 3.32. The number of hydrazone groups is 1. The van der Waals surface area contributed by atoms with E-state index >= 15 is 0 Å². The SMILES string of the molecule is O=C1C2CCCCCC2=NN1Cc1cccc(F)c1. The normalized spacial score (nSPS) is 23.0. The third kappa shape index (κ3) is 2.53. The molecule has 3 rings (SSSR count). The summed E-state index contributed by atoms with van der Waals surface area (Å²) < 4.78 is 13.1. The molecule has 2 aliphatic rings. The number of rotatable bonds is 2. The van der Waals surface area contributed by atoms with Crippen LogP contribution in [0.2, 0.25) is 0 Å². The van der Waals surface area contributed by atoms with Crippen molar-refractivity contribution in [1.29, 1.82) is 0 Å². The maximum absolute atomic E-state index is 13.1. The van der Waals surface area contributed by atoms with Gasteiger partial charge in [0.1, 0.15) is 5.82 Å². The summed E-state index contributed by atoms with van der Waals surface area (Å²) in [6.45, 7) is 0.372. The topological polar surface area (TPSA) is 32.7 Å². The zero-order valence-electron chi connectivity index (χ0n) is 10.8. The highest BCUT2D eigenvalue weighted by Crippen LogP contribution is 2.29. The van der Waals surface area contributed by atoms with E-state index in [4.69, 9.17) is 0 Å². The second-order valence-electron chi connectivity index (χ2n) is 5.27. The van der Waals surface area contributed by atoms with Gasteiger partial charge in [0, 0.05) is 0 Å². The van der Waals surface area contributed by atoms with Gasteiger partial charge < -0.3 is 0 Å². The molecule has 19 heavy (non-hydrogen) atoms. The molecule has 0 saturated heterocycles. The minimum atomic E-state index is -0.272. The Bertz CT molecular complexity index is 527. The maximum atomic E-state index is 13.1. The molecule has 1 aromatic carbocycles. The van der Waals surface area contributed by atoms with E-state index in [1.165, 1.54) is 23.6 Å². The lowest BCUT2D eigenvalue weighted by Gasteiger charge is -2.14. The van der Waals surface area contributed by atoms with Crippen LogP contribution in [0.5, 0.6) is 0 Å². The molecule has 1 heterocycles. The summed E-state index contributed by atoms with van der Waals surface area (Å²) in [7, 11) is 0. The average Bonchev–Trinajstić information content (AvgIpc) is 2.58. The molecule has 0 spiro atoms. The molecule has 1 aliphatic heterocycles. The third-order valence-corrected chi connectivity index (χ3v) is 3.85. The first-order chi connectivity index (χ1) is 9.24. The van der Waals surface area contributed by atoms with Crippen molar-refractivity contribution in [2.24, 2.45) is 11.0 Å². The average molecular weight is 260 g/mol. The van der Waals surface area contributed by atoms with Crippen LogP contribution in [-0.2, 0) is 11.3 Å². The van der Waals surface area contributed by atoms with Gasteiger partial charge in [-0.3, -0.25) is 4.79 Å². The summed E-state index contributed by atoms with van der Waals surface area (Å²) in [6.07, 6.45) is 5.25. The highest BCUT2D eigenvalue weighted by Gasteiger charge is 2.35. The van der Waals surface area contributed by atoms with Gasteiger partial charge in [0.05, 0.1) is 18.2 Å². The lowest BCUT2D eigenvalue weighted by molar-refractivity contribution is -0.132. The smallest absolute Gasteiger partial charge is 0.251 e. The van der Waals surface area contributed by atoms with Gasteiger partial charge in [0.25, 0.3) is 5.91 Å². The second kappa shape index (κ2) is 5.11. The summed E-state index contributed by atoms with van der Waals surface area (Å²) in [5, 5.41) is 5.97. The largest absolute Gasteiger partial charge is 0.272 e. The van der Waals surface area contributed by atoms with E-state index in [1.54, 1.807) is 6.07 Å². The molecule has 1 fully saturated rings. The van der Waals surface area contributed by atoms with Crippen molar-refractivity contribution in [2.75, 3.05) is 0 Å². The number of benzene rings is 1. The monoisotopic (exact) mass is 260 g/mol. The van der Waals surface area contributed by atoms with Gasteiger partial charge in [-0.05, 0) is 37.0 Å². The lowest BCUT2D eigenvalue weighted by Crippen LogP contribution is -2.27. The van der Waals surface area contributed by atoms with E-state index < -0.39 is 0 Å². The molecular weight excluding hydrogens is 243 g/mol. The Hall–Kier alpha value is -1.71. The van der Waals surface area contributed by atoms with Crippen molar-refractivity contribution >= 4 is 11.6 Å². The number of hydrogen-bond donors (Lipinski definition) is 0. The number of amides is 1. The predicted molar refractivity (Wildman–Crippen MR) is 71.0 cm³/mol. The van der Waals surface area contributed by atoms with Gasteiger partial charge >= 0.3 is 0 Å². The molecule has 1 amide bonds. The van der Waals surface area contributed by atoms with Crippen LogP contribution in [-0.4, -0.2) is 16.6 Å². The first kappa shape index (κ1) is 12.3. The molecule has 0 bridgehead atoms. The maximum Gasteiger partial charge on any atom is 0.251 e. The van der Waals surface area contributed by atoms with Crippen LogP contribution < -0.4 is 0 Å². The lowest BCUT2D eigenvalue weighted by atomic mass is 9.98. The van der Waals surface area contributed by atoms with Gasteiger partial charge in [0.2, 0.25) is 0 Å². The molecule has 1 atom stereocenters. The molecule has 1 saturated carbocycles. The fourth-order valence-electron chi connectivity index (χ4n) is 2.86. The van der Waals surface area contributed by atoms with Crippen molar-refractivity contribution in [1.82, 2.24) is 5.01 Å². The molecule has 1 aliphatic carbocycles. The van der Waals surface area contributed by atoms with Crippen LogP contribution in [0.3, 0.4) is 0 Å². The van der Waals surface area contributed by atoms with E-state index in [9.17, 15) is 9.18 Å². The first-order valence-electron chi connectivity index (χ1n) is 6.87. The van der Waals surface area contributed by atoms with Crippen LogP contribution in [0.1, 0.15) is 37.7 Å². The van der Waals surface area contributed by atoms with Crippen LogP contribution in [0.4, 0.5) is 4.39 Å². The van der Waals surface area contributed by atoms with Crippen LogP contribution in [0.15, 0.2) is 29.4 Å². The van der Waals surface area contributed by atoms with Gasteiger partial charge in [-0.15, -0.1) is 0 Å². The number of halogens is 1. The van der Waals surface area contributed by atoms with Gasteiger partial charge in [-0.1, -0.05) is 25.0 Å². The summed E-state index contributed by atoms with van der Waals surface area (Å²) in [5.74, 6) is -0.205. The van der Waals surface area contributed by atoms with Crippen molar-refractivity contribution in [3.8, 4) is 0 Å². The number of hydrogen-bond acceptors (Lipinski definition) is 2. The van der Waals surface area contributed by atoms with Crippen LogP contribution >= 0.6 is 0 Å². The quantitative estimate of drug-likeness (QED) is 0.804.